The Bertz CT molecular complexity index is 401. The van der Waals surface area contributed by atoms with Crippen molar-refractivity contribution in [2.75, 3.05) is 12.3 Å². The summed E-state index contributed by atoms with van der Waals surface area (Å²) in [5, 5.41) is 9.95. The molecule has 112 valence electrons. The molecule has 6 heteroatoms. The predicted molar refractivity (Wildman–Crippen MR) is 82.8 cm³/mol. The number of amides is 1. The Morgan fingerprint density at radius 2 is 2.15 bits per heavy atom. The average Bonchev–Trinajstić information content (AvgIpc) is 2.45. The zero-order valence-electron chi connectivity index (χ0n) is 12.0. The zero-order valence-corrected chi connectivity index (χ0v) is 12.8. The second-order valence-corrected chi connectivity index (χ2v) is 7.12. The summed E-state index contributed by atoms with van der Waals surface area (Å²) >= 11 is 1.78. The van der Waals surface area contributed by atoms with E-state index in [2.05, 4.69) is 22.9 Å². The van der Waals surface area contributed by atoms with Gasteiger partial charge in [0, 0.05) is 6.04 Å². The maximum atomic E-state index is 12.1. The van der Waals surface area contributed by atoms with Crippen LogP contribution in [0.3, 0.4) is 0 Å². The average molecular weight is 296 g/mol. The second kappa shape index (κ2) is 6.45. The molecule has 0 spiro atoms. The molecular weight excluding hydrogens is 272 g/mol. The highest BCUT2D eigenvalue weighted by Gasteiger charge is 2.34. The van der Waals surface area contributed by atoms with Gasteiger partial charge in [0.1, 0.15) is 11.3 Å². The molecule has 0 radical (unpaired) electrons. The molecule has 1 aliphatic carbocycles. The second-order valence-electron chi connectivity index (χ2n) is 6.02. The lowest BCUT2D eigenvalue weighted by Crippen LogP contribution is -2.52. The molecule has 2 heterocycles. The van der Waals surface area contributed by atoms with Gasteiger partial charge in [0.05, 0.1) is 17.7 Å². The molecule has 2 aliphatic heterocycles. The van der Waals surface area contributed by atoms with Crippen molar-refractivity contribution in [3.05, 3.63) is 0 Å². The van der Waals surface area contributed by atoms with Crippen molar-refractivity contribution in [3.8, 4) is 0 Å². The van der Waals surface area contributed by atoms with E-state index in [1.54, 1.807) is 11.8 Å². The molecule has 1 amide bonds. The minimum atomic E-state index is 0.128. The van der Waals surface area contributed by atoms with Gasteiger partial charge in [0.15, 0.2) is 0 Å². The summed E-state index contributed by atoms with van der Waals surface area (Å²) in [5.41, 5.74) is 0.266. The van der Waals surface area contributed by atoms with Crippen LogP contribution in [0.4, 0.5) is 0 Å². The van der Waals surface area contributed by atoms with E-state index >= 15 is 0 Å². The maximum absolute atomic E-state index is 12.1. The van der Waals surface area contributed by atoms with E-state index in [9.17, 15) is 4.79 Å². The van der Waals surface area contributed by atoms with Crippen LogP contribution in [0.2, 0.25) is 0 Å². The molecule has 4 unspecified atom stereocenters. The van der Waals surface area contributed by atoms with Crippen molar-refractivity contribution in [2.24, 2.45) is 10.9 Å². The van der Waals surface area contributed by atoms with Gasteiger partial charge in [-0.2, -0.15) is 0 Å². The number of carbonyl (C=O) groups is 1. The van der Waals surface area contributed by atoms with Gasteiger partial charge in [-0.05, 0) is 32.7 Å². The topological polar surface area (TPSA) is 65.5 Å². The lowest BCUT2D eigenvalue weighted by atomic mass is 9.83. The number of hydrogen-bond donors (Lipinski definition) is 3. The van der Waals surface area contributed by atoms with Gasteiger partial charge >= 0.3 is 0 Å². The van der Waals surface area contributed by atoms with E-state index in [0.29, 0.717) is 6.04 Å². The minimum absolute atomic E-state index is 0.128. The Hall–Kier alpha value is -0.590. The zero-order chi connectivity index (χ0) is 13.9. The summed E-state index contributed by atoms with van der Waals surface area (Å²) in [5.74, 6) is 1.96. The van der Waals surface area contributed by atoms with E-state index in [-0.39, 0.29) is 23.4 Å². The van der Waals surface area contributed by atoms with E-state index in [0.717, 1.165) is 31.0 Å². The fraction of sp³-hybridized carbons (Fsp3) is 0.857. The van der Waals surface area contributed by atoms with E-state index < -0.39 is 0 Å². The van der Waals surface area contributed by atoms with Crippen LogP contribution in [0.1, 0.15) is 39.0 Å². The van der Waals surface area contributed by atoms with Gasteiger partial charge in [-0.1, -0.05) is 12.8 Å². The van der Waals surface area contributed by atoms with Crippen LogP contribution in [0.25, 0.3) is 0 Å². The fourth-order valence-corrected chi connectivity index (χ4v) is 4.25. The SMILES string of the molecule is CC1CCNC(SCC2=NC3CCCCC3C(=O)N2)N1. The first-order chi connectivity index (χ1) is 9.72. The molecule has 20 heavy (non-hydrogen) atoms. The molecule has 2 fully saturated rings. The number of nitrogens with zero attached hydrogens (tertiary/aromatic N) is 1. The highest BCUT2D eigenvalue weighted by molar-refractivity contribution is 8.00. The lowest BCUT2D eigenvalue weighted by molar-refractivity contribution is -0.125. The van der Waals surface area contributed by atoms with Crippen LogP contribution in [0.15, 0.2) is 4.99 Å². The summed E-state index contributed by atoms with van der Waals surface area (Å²) in [6.07, 6.45) is 5.62. The molecule has 3 N–H and O–H groups in total. The highest BCUT2D eigenvalue weighted by Crippen LogP contribution is 2.29. The monoisotopic (exact) mass is 296 g/mol. The van der Waals surface area contributed by atoms with Gasteiger partial charge in [0.25, 0.3) is 0 Å². The lowest BCUT2D eigenvalue weighted by Gasteiger charge is -2.33. The third-order valence-corrected chi connectivity index (χ3v) is 5.46. The molecular formula is C14H24N4OS. The van der Waals surface area contributed by atoms with Crippen LogP contribution in [-0.4, -0.2) is 41.6 Å². The number of nitrogens with one attached hydrogen (secondary N) is 3. The van der Waals surface area contributed by atoms with E-state index in [1.807, 2.05) is 0 Å². The smallest absolute Gasteiger partial charge is 0.230 e. The van der Waals surface area contributed by atoms with Crippen LogP contribution in [0.5, 0.6) is 0 Å². The third-order valence-electron chi connectivity index (χ3n) is 4.39. The van der Waals surface area contributed by atoms with Gasteiger partial charge in [-0.15, -0.1) is 11.8 Å². The molecule has 1 saturated heterocycles. The highest BCUT2D eigenvalue weighted by atomic mass is 32.2. The molecule has 0 aromatic heterocycles. The number of amidine groups is 1. The molecule has 0 aromatic rings. The molecule has 5 nitrogen and oxygen atoms in total. The quantitative estimate of drug-likeness (QED) is 0.729. The first kappa shape index (κ1) is 14.4. The van der Waals surface area contributed by atoms with Crippen molar-refractivity contribution in [1.82, 2.24) is 16.0 Å². The summed E-state index contributed by atoms with van der Waals surface area (Å²) in [7, 11) is 0. The van der Waals surface area contributed by atoms with Crippen LogP contribution in [-0.2, 0) is 4.79 Å². The van der Waals surface area contributed by atoms with Crippen LogP contribution >= 0.6 is 11.8 Å². The van der Waals surface area contributed by atoms with Gasteiger partial charge < -0.3 is 5.32 Å². The van der Waals surface area contributed by atoms with Crippen molar-refractivity contribution in [2.45, 2.75) is 56.6 Å². The molecule has 0 aromatic carbocycles. The third kappa shape index (κ3) is 3.35. The Kier molecular flexibility index (Phi) is 4.63. The van der Waals surface area contributed by atoms with Gasteiger partial charge in [-0.25, -0.2) is 0 Å². The van der Waals surface area contributed by atoms with Crippen molar-refractivity contribution in [3.63, 3.8) is 0 Å². The molecule has 3 rings (SSSR count). The van der Waals surface area contributed by atoms with Crippen molar-refractivity contribution >= 4 is 23.5 Å². The minimum Gasteiger partial charge on any atom is -0.314 e. The Labute approximate surface area is 124 Å². The summed E-state index contributed by atoms with van der Waals surface area (Å²) in [6.45, 7) is 3.26. The summed E-state index contributed by atoms with van der Waals surface area (Å²) < 4.78 is 0. The number of aliphatic imine (C=N–C) groups is 1. The van der Waals surface area contributed by atoms with E-state index in [4.69, 9.17) is 4.99 Å². The number of thioether (sulfide) groups is 1. The van der Waals surface area contributed by atoms with E-state index in [1.165, 1.54) is 19.3 Å². The molecule has 3 aliphatic rings. The Balaban J connectivity index is 1.54. The number of rotatable bonds is 3. The fourth-order valence-electron chi connectivity index (χ4n) is 3.21. The number of hydrogen-bond acceptors (Lipinski definition) is 5. The maximum Gasteiger partial charge on any atom is 0.230 e. The predicted octanol–water partition coefficient (Wildman–Crippen LogP) is 1.06. The molecule has 4 atom stereocenters. The Morgan fingerprint density at radius 3 is 3.00 bits per heavy atom. The van der Waals surface area contributed by atoms with Crippen molar-refractivity contribution < 1.29 is 4.79 Å². The Morgan fingerprint density at radius 1 is 1.30 bits per heavy atom. The van der Waals surface area contributed by atoms with Gasteiger partial charge in [-0.3, -0.25) is 20.4 Å². The number of fused-ring (bicyclic) bond motifs is 1. The largest absolute Gasteiger partial charge is 0.314 e. The summed E-state index contributed by atoms with van der Waals surface area (Å²) in [6, 6.07) is 0.790. The summed E-state index contributed by atoms with van der Waals surface area (Å²) in [4.78, 5) is 16.9. The van der Waals surface area contributed by atoms with Crippen molar-refractivity contribution in [1.29, 1.82) is 0 Å². The van der Waals surface area contributed by atoms with Crippen LogP contribution in [0, 0.1) is 5.92 Å². The first-order valence-corrected chi connectivity index (χ1v) is 8.76. The van der Waals surface area contributed by atoms with Crippen LogP contribution < -0.4 is 16.0 Å². The van der Waals surface area contributed by atoms with Gasteiger partial charge in [0.2, 0.25) is 5.91 Å². The standard InChI is InChI=1S/C14H24N4OS/c1-9-6-7-15-14(16-9)20-8-12-17-11-5-3-2-4-10(11)13(19)18-12/h9-11,14-16H,2-8H2,1H3,(H,17,18,19). The normalized spacial score (nSPS) is 37.9. The number of carbonyl (C=O) groups excluding carboxylic acids is 1. The molecule has 1 saturated carbocycles. The first-order valence-electron chi connectivity index (χ1n) is 7.71. The molecule has 0 bridgehead atoms.